The van der Waals surface area contributed by atoms with Crippen molar-refractivity contribution < 1.29 is 13.9 Å². The van der Waals surface area contributed by atoms with E-state index < -0.39 is 8.07 Å². The van der Waals surface area contributed by atoms with Gasteiger partial charge >= 0.3 is 0 Å². The number of hydrogen-bond donors (Lipinski definition) is 0. The normalized spacial score (nSPS) is 23.1. The molecular weight excluding hydrogens is 280 g/mol. The Balaban J connectivity index is 1.86. The second-order valence-corrected chi connectivity index (χ2v) is 12.1. The van der Waals surface area contributed by atoms with E-state index in [4.69, 9.17) is 20.3 Å². The molecule has 2 heterocycles. The van der Waals surface area contributed by atoms with Crippen LogP contribution in [0.5, 0.6) is 0 Å². The summed E-state index contributed by atoms with van der Waals surface area (Å²) in [7, 11) is -1.24. The van der Waals surface area contributed by atoms with E-state index >= 15 is 0 Å². The van der Waals surface area contributed by atoms with Gasteiger partial charge in [0.05, 0.1) is 26.9 Å². The van der Waals surface area contributed by atoms with Crippen LogP contribution in [0.1, 0.15) is 17.6 Å². The third-order valence-corrected chi connectivity index (χ3v) is 6.88. The zero-order valence-electron chi connectivity index (χ0n) is 12.7. The van der Waals surface area contributed by atoms with Crippen LogP contribution in [0.3, 0.4) is 0 Å². The summed E-state index contributed by atoms with van der Waals surface area (Å²) in [5, 5.41) is 0.986. The first-order valence-corrected chi connectivity index (χ1v) is 10.8. The van der Waals surface area contributed by atoms with Gasteiger partial charge in [-0.15, -0.1) is 6.42 Å². The zero-order valence-corrected chi connectivity index (χ0v) is 13.7. The fourth-order valence-electron chi connectivity index (χ4n) is 2.53. The van der Waals surface area contributed by atoms with Gasteiger partial charge in [0.15, 0.2) is 12.1 Å². The Hall–Kier alpha value is -1.54. The van der Waals surface area contributed by atoms with Gasteiger partial charge in [-0.1, -0.05) is 37.8 Å². The molecule has 1 saturated heterocycles. The Morgan fingerprint density at radius 3 is 2.52 bits per heavy atom. The third kappa shape index (κ3) is 2.77. The molecule has 4 heteroatoms. The van der Waals surface area contributed by atoms with Crippen LogP contribution in [0.4, 0.5) is 0 Å². The quantitative estimate of drug-likeness (QED) is 0.616. The van der Waals surface area contributed by atoms with E-state index in [9.17, 15) is 0 Å². The molecule has 1 aromatic heterocycles. The Bertz CT molecular complexity index is 682. The number of ether oxygens (including phenoxy) is 2. The van der Waals surface area contributed by atoms with E-state index in [0.29, 0.717) is 11.3 Å². The van der Waals surface area contributed by atoms with E-state index in [1.54, 1.807) is 0 Å². The number of hydrogen-bond acceptors (Lipinski definition) is 3. The lowest BCUT2D eigenvalue weighted by molar-refractivity contribution is -0.183. The number of furan rings is 1. The van der Waals surface area contributed by atoms with Crippen LogP contribution < -0.4 is 0 Å². The maximum Gasteiger partial charge on any atom is 0.187 e. The Morgan fingerprint density at radius 2 is 1.90 bits per heavy atom. The molecule has 0 unspecified atom stereocenters. The molecule has 1 aliphatic heterocycles. The predicted molar refractivity (Wildman–Crippen MR) is 85.9 cm³/mol. The van der Waals surface area contributed by atoms with E-state index in [0.717, 1.165) is 29.7 Å². The SMILES string of the molecule is C#Cc1cc2cccc(C3OCC([Si](C)(C)C)CO3)c2o1. The Labute approximate surface area is 126 Å². The average Bonchev–Trinajstić information content (AvgIpc) is 2.89. The molecule has 1 aliphatic rings. The van der Waals surface area contributed by atoms with Gasteiger partial charge in [-0.2, -0.15) is 0 Å². The van der Waals surface area contributed by atoms with E-state index in [-0.39, 0.29) is 6.29 Å². The minimum atomic E-state index is -1.24. The molecule has 0 aliphatic carbocycles. The van der Waals surface area contributed by atoms with Gasteiger partial charge in [0.1, 0.15) is 5.58 Å². The minimum Gasteiger partial charge on any atom is -0.447 e. The first-order valence-electron chi connectivity index (χ1n) is 7.21. The van der Waals surface area contributed by atoms with Crippen molar-refractivity contribution in [1.29, 1.82) is 0 Å². The monoisotopic (exact) mass is 300 g/mol. The zero-order chi connectivity index (χ0) is 15.0. The van der Waals surface area contributed by atoms with Crippen molar-refractivity contribution in [3.63, 3.8) is 0 Å². The van der Waals surface area contributed by atoms with Crippen molar-refractivity contribution in [2.24, 2.45) is 0 Å². The van der Waals surface area contributed by atoms with Gasteiger partial charge < -0.3 is 13.9 Å². The Morgan fingerprint density at radius 1 is 1.19 bits per heavy atom. The lowest BCUT2D eigenvalue weighted by Gasteiger charge is -2.35. The molecule has 2 aromatic rings. The number of para-hydroxylation sites is 1. The summed E-state index contributed by atoms with van der Waals surface area (Å²) in [6, 6.07) is 7.81. The molecule has 0 atom stereocenters. The highest BCUT2D eigenvalue weighted by atomic mass is 28.3. The van der Waals surface area contributed by atoms with Gasteiger partial charge in [0, 0.05) is 17.0 Å². The summed E-state index contributed by atoms with van der Waals surface area (Å²) in [4.78, 5) is 0. The number of benzene rings is 1. The summed E-state index contributed by atoms with van der Waals surface area (Å²) < 4.78 is 17.6. The average molecular weight is 300 g/mol. The van der Waals surface area contributed by atoms with Crippen LogP contribution >= 0.6 is 0 Å². The molecule has 3 nitrogen and oxygen atoms in total. The summed E-state index contributed by atoms with van der Waals surface area (Å²) in [5.41, 5.74) is 2.22. The topological polar surface area (TPSA) is 31.6 Å². The number of terminal acetylenes is 1. The number of rotatable bonds is 2. The van der Waals surface area contributed by atoms with Crippen LogP contribution in [0.15, 0.2) is 28.7 Å². The Kier molecular flexibility index (Phi) is 3.66. The first kappa shape index (κ1) is 14.4. The summed E-state index contributed by atoms with van der Waals surface area (Å²) in [5.74, 6) is 3.07. The van der Waals surface area contributed by atoms with Crippen LogP contribution in [0.2, 0.25) is 25.2 Å². The van der Waals surface area contributed by atoms with Gasteiger partial charge in [-0.25, -0.2) is 0 Å². The second kappa shape index (κ2) is 5.34. The van der Waals surface area contributed by atoms with Gasteiger partial charge in [0.2, 0.25) is 0 Å². The maximum atomic E-state index is 5.95. The molecule has 0 radical (unpaired) electrons. The van der Waals surface area contributed by atoms with E-state index in [2.05, 4.69) is 25.6 Å². The van der Waals surface area contributed by atoms with Crippen molar-refractivity contribution in [3.05, 3.63) is 35.6 Å². The van der Waals surface area contributed by atoms with Crippen LogP contribution in [0, 0.1) is 12.3 Å². The molecule has 0 bridgehead atoms. The molecule has 0 amide bonds. The first-order chi connectivity index (χ1) is 9.99. The molecule has 3 rings (SSSR count). The molecule has 0 saturated carbocycles. The largest absolute Gasteiger partial charge is 0.447 e. The van der Waals surface area contributed by atoms with Crippen LogP contribution in [-0.2, 0) is 9.47 Å². The smallest absolute Gasteiger partial charge is 0.187 e. The van der Waals surface area contributed by atoms with Crippen LogP contribution in [-0.4, -0.2) is 21.3 Å². The molecule has 1 aromatic carbocycles. The lowest BCUT2D eigenvalue weighted by Crippen LogP contribution is -2.38. The molecular formula is C17H20O3Si. The van der Waals surface area contributed by atoms with Crippen molar-refractivity contribution in [2.75, 3.05) is 13.2 Å². The minimum absolute atomic E-state index is 0.363. The van der Waals surface area contributed by atoms with Crippen molar-refractivity contribution in [1.82, 2.24) is 0 Å². The lowest BCUT2D eigenvalue weighted by atomic mass is 10.1. The van der Waals surface area contributed by atoms with Crippen molar-refractivity contribution >= 4 is 19.0 Å². The maximum absolute atomic E-state index is 5.95. The van der Waals surface area contributed by atoms with E-state index in [1.807, 2.05) is 24.3 Å². The molecule has 0 N–H and O–H groups in total. The standard InChI is InChI=1S/C17H20O3Si/c1-5-13-9-12-7-6-8-15(16(12)20-13)17-18-10-14(11-19-17)21(2,3)4/h1,6-9,14,17H,10-11H2,2-4H3. The molecule has 0 spiro atoms. The van der Waals surface area contributed by atoms with Crippen molar-refractivity contribution in [2.45, 2.75) is 31.5 Å². The fraction of sp³-hybridized carbons (Fsp3) is 0.412. The van der Waals surface area contributed by atoms with Gasteiger partial charge in [0.25, 0.3) is 0 Å². The highest BCUT2D eigenvalue weighted by molar-refractivity contribution is 6.77. The third-order valence-electron chi connectivity index (χ3n) is 4.09. The highest BCUT2D eigenvalue weighted by Gasteiger charge is 2.33. The molecule has 1 fully saturated rings. The van der Waals surface area contributed by atoms with Crippen molar-refractivity contribution in [3.8, 4) is 12.3 Å². The highest BCUT2D eigenvalue weighted by Crippen LogP contribution is 2.36. The van der Waals surface area contributed by atoms with Gasteiger partial charge in [-0.3, -0.25) is 0 Å². The fourth-order valence-corrected chi connectivity index (χ4v) is 3.72. The predicted octanol–water partition coefficient (Wildman–Crippen LogP) is 4.17. The summed E-state index contributed by atoms with van der Waals surface area (Å²) in [6.45, 7) is 8.53. The van der Waals surface area contributed by atoms with E-state index in [1.165, 1.54) is 0 Å². The molecule has 21 heavy (non-hydrogen) atoms. The summed E-state index contributed by atoms with van der Waals surface area (Å²) in [6.07, 6.45) is 5.04. The number of fused-ring (bicyclic) bond motifs is 1. The molecule has 110 valence electrons. The van der Waals surface area contributed by atoms with Gasteiger partial charge in [-0.05, 0) is 5.92 Å². The second-order valence-electron chi connectivity index (χ2n) is 6.58. The summed E-state index contributed by atoms with van der Waals surface area (Å²) >= 11 is 0. The van der Waals surface area contributed by atoms with Crippen LogP contribution in [0.25, 0.3) is 11.0 Å².